The summed E-state index contributed by atoms with van der Waals surface area (Å²) in [6.07, 6.45) is 3.09. The Balaban J connectivity index is 2.60. The summed E-state index contributed by atoms with van der Waals surface area (Å²) in [4.78, 5) is 11.1. The molecule has 7 heteroatoms. The predicted molar refractivity (Wildman–Crippen MR) is 72.8 cm³/mol. The maximum absolute atomic E-state index is 12.4. The highest BCUT2D eigenvalue weighted by Crippen LogP contribution is 2.30. The molecule has 0 unspecified atom stereocenters. The fourth-order valence-corrected chi connectivity index (χ4v) is 3.33. The first-order valence-electron chi connectivity index (χ1n) is 6.70. The molecule has 19 heavy (non-hydrogen) atoms. The molecule has 112 valence electrons. The highest BCUT2D eigenvalue weighted by molar-refractivity contribution is 7.86. The van der Waals surface area contributed by atoms with Crippen molar-refractivity contribution in [2.45, 2.75) is 32.6 Å². The van der Waals surface area contributed by atoms with Crippen molar-refractivity contribution in [3.8, 4) is 0 Å². The molecule has 0 bridgehead atoms. The molecule has 1 aliphatic carbocycles. The lowest BCUT2D eigenvalue weighted by atomic mass is 10.4. The van der Waals surface area contributed by atoms with Gasteiger partial charge in [0, 0.05) is 26.7 Å². The lowest BCUT2D eigenvalue weighted by Gasteiger charge is -2.27. The first-order valence-corrected chi connectivity index (χ1v) is 8.09. The van der Waals surface area contributed by atoms with Crippen LogP contribution >= 0.6 is 0 Å². The second-order valence-electron chi connectivity index (χ2n) is 4.96. The number of esters is 1. The maximum atomic E-state index is 12.4. The first kappa shape index (κ1) is 16.4. The van der Waals surface area contributed by atoms with Crippen LogP contribution in [0.3, 0.4) is 0 Å². The Labute approximate surface area is 115 Å². The number of methoxy groups -OCH3 is 1. The molecule has 0 radical (unpaired) electrons. The van der Waals surface area contributed by atoms with Crippen LogP contribution in [0.5, 0.6) is 0 Å². The molecule has 1 saturated carbocycles. The molecule has 6 nitrogen and oxygen atoms in total. The Bertz CT molecular complexity index is 393. The molecule has 0 amide bonds. The quantitative estimate of drug-likeness (QED) is 0.591. The van der Waals surface area contributed by atoms with Gasteiger partial charge in [-0.2, -0.15) is 17.0 Å². The highest BCUT2D eigenvalue weighted by atomic mass is 32.2. The third-order valence-corrected chi connectivity index (χ3v) is 5.16. The number of hydrogen-bond donors (Lipinski definition) is 0. The monoisotopic (exact) mass is 292 g/mol. The molecule has 0 saturated heterocycles. The minimum absolute atomic E-state index is 0.0790. The van der Waals surface area contributed by atoms with Crippen molar-refractivity contribution in [2.24, 2.45) is 5.92 Å². The zero-order valence-corrected chi connectivity index (χ0v) is 12.8. The molecule has 0 N–H and O–H groups in total. The summed E-state index contributed by atoms with van der Waals surface area (Å²) < 4.78 is 32.1. The van der Waals surface area contributed by atoms with E-state index in [9.17, 15) is 13.2 Å². The fourth-order valence-electron chi connectivity index (χ4n) is 1.80. The van der Waals surface area contributed by atoms with E-state index in [1.54, 1.807) is 0 Å². The summed E-state index contributed by atoms with van der Waals surface area (Å²) in [5, 5.41) is 0. The van der Waals surface area contributed by atoms with Gasteiger partial charge in [-0.15, -0.1) is 0 Å². The minimum atomic E-state index is -3.46. The highest BCUT2D eigenvalue weighted by Gasteiger charge is 2.32. The van der Waals surface area contributed by atoms with Crippen molar-refractivity contribution >= 4 is 16.2 Å². The van der Waals surface area contributed by atoms with Crippen LogP contribution in [0.4, 0.5) is 0 Å². The van der Waals surface area contributed by atoms with Gasteiger partial charge in [-0.05, 0) is 25.2 Å². The number of hydrogen-bond acceptors (Lipinski definition) is 4. The fraction of sp³-hybridized carbons (Fsp3) is 0.917. The molecule has 0 atom stereocenters. The second-order valence-corrected chi connectivity index (χ2v) is 6.99. The number of ether oxygens (including phenoxy) is 1. The number of nitrogens with zero attached hydrogens (tertiary/aromatic N) is 2. The molecular formula is C12H24N2O4S. The van der Waals surface area contributed by atoms with Crippen molar-refractivity contribution in [1.29, 1.82) is 0 Å². The number of rotatable bonds is 9. The van der Waals surface area contributed by atoms with E-state index in [1.165, 1.54) is 22.8 Å². The van der Waals surface area contributed by atoms with Crippen LogP contribution in [-0.2, 0) is 19.7 Å². The van der Waals surface area contributed by atoms with Crippen LogP contribution in [0, 0.1) is 5.92 Å². The minimum Gasteiger partial charge on any atom is -0.469 e. The Hall–Kier alpha value is -0.660. The van der Waals surface area contributed by atoms with Crippen LogP contribution in [0.2, 0.25) is 0 Å². The second kappa shape index (κ2) is 7.21. The van der Waals surface area contributed by atoms with Crippen LogP contribution in [0.1, 0.15) is 32.6 Å². The Morgan fingerprint density at radius 1 is 1.32 bits per heavy atom. The van der Waals surface area contributed by atoms with Gasteiger partial charge in [0.05, 0.1) is 13.5 Å². The molecule has 0 heterocycles. The van der Waals surface area contributed by atoms with Gasteiger partial charge < -0.3 is 4.74 Å². The molecule has 0 aromatic rings. The zero-order chi connectivity index (χ0) is 14.5. The van der Waals surface area contributed by atoms with E-state index in [0.29, 0.717) is 19.0 Å². The van der Waals surface area contributed by atoms with E-state index in [2.05, 4.69) is 4.74 Å². The topological polar surface area (TPSA) is 66.9 Å². The summed E-state index contributed by atoms with van der Waals surface area (Å²) in [5.41, 5.74) is 0. The van der Waals surface area contributed by atoms with E-state index in [1.807, 2.05) is 6.92 Å². The van der Waals surface area contributed by atoms with E-state index >= 15 is 0 Å². The van der Waals surface area contributed by atoms with Gasteiger partial charge in [-0.1, -0.05) is 6.92 Å². The van der Waals surface area contributed by atoms with E-state index in [0.717, 1.165) is 19.3 Å². The van der Waals surface area contributed by atoms with Crippen molar-refractivity contribution in [3.05, 3.63) is 0 Å². The first-order chi connectivity index (χ1) is 8.91. The summed E-state index contributed by atoms with van der Waals surface area (Å²) in [5.74, 6) is 0.113. The Morgan fingerprint density at radius 3 is 2.42 bits per heavy atom. The zero-order valence-electron chi connectivity index (χ0n) is 12.0. The summed E-state index contributed by atoms with van der Waals surface area (Å²) >= 11 is 0. The molecule has 0 aliphatic heterocycles. The van der Waals surface area contributed by atoms with Gasteiger partial charge in [0.15, 0.2) is 0 Å². The van der Waals surface area contributed by atoms with Gasteiger partial charge >= 0.3 is 5.97 Å². The van der Waals surface area contributed by atoms with Crippen LogP contribution in [-0.4, -0.2) is 56.8 Å². The predicted octanol–water partition coefficient (Wildman–Crippen LogP) is 0.848. The lowest BCUT2D eigenvalue weighted by Crippen LogP contribution is -2.44. The molecule has 1 fully saturated rings. The molecular weight excluding hydrogens is 268 g/mol. The number of carbonyl (C=O) groups excluding carboxylic acids is 1. The van der Waals surface area contributed by atoms with Crippen LogP contribution < -0.4 is 0 Å². The van der Waals surface area contributed by atoms with Gasteiger partial charge in [0.2, 0.25) is 0 Å². The third-order valence-electron chi connectivity index (χ3n) is 3.21. The molecule has 0 aromatic carbocycles. The molecule has 1 rings (SSSR count). The van der Waals surface area contributed by atoms with Crippen LogP contribution in [0.25, 0.3) is 0 Å². The average Bonchev–Trinajstić information content (AvgIpc) is 3.18. The van der Waals surface area contributed by atoms with Crippen molar-refractivity contribution < 1.29 is 17.9 Å². The maximum Gasteiger partial charge on any atom is 0.306 e. The normalized spacial score (nSPS) is 16.1. The van der Waals surface area contributed by atoms with Gasteiger partial charge in [-0.25, -0.2) is 0 Å². The van der Waals surface area contributed by atoms with Crippen molar-refractivity contribution in [3.63, 3.8) is 0 Å². The summed E-state index contributed by atoms with van der Waals surface area (Å²) in [7, 11) is -0.657. The third kappa shape index (κ3) is 5.08. The van der Waals surface area contributed by atoms with E-state index in [4.69, 9.17) is 0 Å². The van der Waals surface area contributed by atoms with Crippen molar-refractivity contribution in [2.75, 3.05) is 33.8 Å². The van der Waals surface area contributed by atoms with Gasteiger partial charge in [-0.3, -0.25) is 4.79 Å². The van der Waals surface area contributed by atoms with Gasteiger partial charge in [0.25, 0.3) is 10.2 Å². The standard InChI is InChI=1S/C12H24N2O4S/c1-4-8-14(10-11-5-6-11)19(16,17)13(2)9-7-12(15)18-3/h11H,4-10H2,1-3H3. The summed E-state index contributed by atoms with van der Waals surface area (Å²) in [6.45, 7) is 3.24. The molecule has 0 aromatic heterocycles. The van der Waals surface area contributed by atoms with Crippen LogP contribution in [0.15, 0.2) is 0 Å². The van der Waals surface area contributed by atoms with E-state index < -0.39 is 16.2 Å². The SMILES string of the molecule is CCCN(CC1CC1)S(=O)(=O)N(C)CCC(=O)OC. The van der Waals surface area contributed by atoms with E-state index in [-0.39, 0.29) is 13.0 Å². The van der Waals surface area contributed by atoms with Gasteiger partial charge in [0.1, 0.15) is 0 Å². The summed E-state index contributed by atoms with van der Waals surface area (Å²) in [6, 6.07) is 0. The number of carbonyl (C=O) groups is 1. The lowest BCUT2D eigenvalue weighted by molar-refractivity contribution is -0.140. The smallest absolute Gasteiger partial charge is 0.306 e. The largest absolute Gasteiger partial charge is 0.469 e. The molecule has 1 aliphatic rings. The average molecular weight is 292 g/mol. The van der Waals surface area contributed by atoms with Crippen molar-refractivity contribution in [1.82, 2.24) is 8.61 Å². The Morgan fingerprint density at radius 2 is 1.95 bits per heavy atom. The Kier molecular flexibility index (Phi) is 6.22. The molecule has 0 spiro atoms.